The minimum absolute atomic E-state index is 0.251. The molecule has 0 spiro atoms. The van der Waals surface area contributed by atoms with Gasteiger partial charge in [-0.05, 0) is 50.6 Å². The lowest BCUT2D eigenvalue weighted by Gasteiger charge is -2.22. The zero-order chi connectivity index (χ0) is 20.7. The first-order valence-electron chi connectivity index (χ1n) is 9.39. The van der Waals surface area contributed by atoms with Crippen LogP contribution in [-0.2, 0) is 21.4 Å². The fraction of sp³-hybridized carbons (Fsp3) is 0.381. The number of amides is 1. The molecule has 7 heteroatoms. The van der Waals surface area contributed by atoms with Crippen LogP contribution in [0.5, 0.6) is 0 Å². The summed E-state index contributed by atoms with van der Waals surface area (Å²) in [6.07, 6.45) is 1.10. The normalized spacial score (nSPS) is 11.1. The van der Waals surface area contributed by atoms with Crippen molar-refractivity contribution in [2.24, 2.45) is 0 Å². The largest absolute Gasteiger partial charge is 0.372 e. The van der Waals surface area contributed by atoms with Crippen LogP contribution in [0.2, 0.25) is 0 Å². The van der Waals surface area contributed by atoms with Gasteiger partial charge in [-0.2, -0.15) is 0 Å². The van der Waals surface area contributed by atoms with E-state index in [1.165, 1.54) is 0 Å². The number of nitrogens with zero attached hydrogens (tertiary/aromatic N) is 2. The zero-order valence-electron chi connectivity index (χ0n) is 17.0. The smallest absolute Gasteiger partial charge is 0.241 e. The average molecular weight is 404 g/mol. The average Bonchev–Trinajstić information content (AvgIpc) is 2.66. The first-order valence-corrected chi connectivity index (χ1v) is 11.2. The van der Waals surface area contributed by atoms with Gasteiger partial charge in [0.2, 0.25) is 15.9 Å². The molecule has 6 nitrogen and oxygen atoms in total. The summed E-state index contributed by atoms with van der Waals surface area (Å²) in [5.74, 6) is -0.348. The highest BCUT2D eigenvalue weighted by molar-refractivity contribution is 7.92. The molecule has 0 fully saturated rings. The van der Waals surface area contributed by atoms with Crippen molar-refractivity contribution in [3.8, 4) is 0 Å². The van der Waals surface area contributed by atoms with E-state index >= 15 is 0 Å². The van der Waals surface area contributed by atoms with Gasteiger partial charge in [0.05, 0.1) is 11.9 Å². The SMILES string of the molecule is CCN(CC)c1ccc(CNC(=O)CN(c2ccc(C)cc2)S(C)(=O)=O)cc1. The Morgan fingerprint density at radius 2 is 1.46 bits per heavy atom. The summed E-state index contributed by atoms with van der Waals surface area (Å²) in [5, 5.41) is 2.80. The van der Waals surface area contributed by atoms with Gasteiger partial charge in [0.25, 0.3) is 0 Å². The number of rotatable bonds is 9. The lowest BCUT2D eigenvalue weighted by Crippen LogP contribution is -2.40. The van der Waals surface area contributed by atoms with Gasteiger partial charge in [0.1, 0.15) is 6.54 Å². The van der Waals surface area contributed by atoms with Gasteiger partial charge in [-0.15, -0.1) is 0 Å². The third-order valence-electron chi connectivity index (χ3n) is 4.56. The molecule has 0 aliphatic carbocycles. The van der Waals surface area contributed by atoms with Crippen LogP contribution in [0.3, 0.4) is 0 Å². The predicted molar refractivity (Wildman–Crippen MR) is 115 cm³/mol. The van der Waals surface area contributed by atoms with E-state index in [0.717, 1.165) is 40.5 Å². The zero-order valence-corrected chi connectivity index (χ0v) is 17.8. The van der Waals surface area contributed by atoms with Crippen LogP contribution in [0.25, 0.3) is 0 Å². The highest BCUT2D eigenvalue weighted by atomic mass is 32.2. The maximum atomic E-state index is 12.4. The molecule has 0 saturated heterocycles. The standard InChI is InChI=1S/C21H29N3O3S/c1-5-23(6-2)19-13-9-18(10-14-19)15-22-21(25)16-24(28(4,26)27)20-11-7-17(3)8-12-20/h7-14H,5-6,15-16H2,1-4H3,(H,22,25). The van der Waals surface area contributed by atoms with E-state index < -0.39 is 10.0 Å². The maximum absolute atomic E-state index is 12.4. The first kappa shape index (κ1) is 21.8. The molecule has 152 valence electrons. The molecule has 0 aromatic heterocycles. The second-order valence-electron chi connectivity index (χ2n) is 6.72. The molecule has 0 unspecified atom stereocenters. The lowest BCUT2D eigenvalue weighted by atomic mass is 10.2. The van der Waals surface area contributed by atoms with Gasteiger partial charge in [0, 0.05) is 25.3 Å². The Balaban J connectivity index is 2.00. The second-order valence-corrected chi connectivity index (χ2v) is 8.63. The summed E-state index contributed by atoms with van der Waals surface area (Å²) in [6.45, 7) is 8.12. The van der Waals surface area contributed by atoms with E-state index in [-0.39, 0.29) is 12.5 Å². The summed E-state index contributed by atoms with van der Waals surface area (Å²) >= 11 is 0. The number of hydrogen-bond donors (Lipinski definition) is 1. The minimum atomic E-state index is -3.56. The number of benzene rings is 2. The van der Waals surface area contributed by atoms with Crippen LogP contribution in [0.4, 0.5) is 11.4 Å². The monoisotopic (exact) mass is 403 g/mol. The van der Waals surface area contributed by atoms with Crippen LogP contribution in [0.15, 0.2) is 48.5 Å². The number of anilines is 2. The Morgan fingerprint density at radius 3 is 1.96 bits per heavy atom. The molecular weight excluding hydrogens is 374 g/mol. The van der Waals surface area contributed by atoms with E-state index in [1.807, 2.05) is 43.3 Å². The summed E-state index contributed by atoms with van der Waals surface area (Å²) in [6, 6.07) is 15.1. The van der Waals surface area contributed by atoms with E-state index in [2.05, 4.69) is 24.1 Å². The number of carbonyl (C=O) groups excluding carboxylic acids is 1. The topological polar surface area (TPSA) is 69.7 Å². The fourth-order valence-corrected chi connectivity index (χ4v) is 3.77. The van der Waals surface area contributed by atoms with E-state index in [4.69, 9.17) is 0 Å². The molecular formula is C21H29N3O3S. The Labute approximate surface area is 168 Å². The molecule has 0 aliphatic heterocycles. The van der Waals surface area contributed by atoms with Crippen molar-refractivity contribution in [1.29, 1.82) is 0 Å². The molecule has 2 aromatic carbocycles. The van der Waals surface area contributed by atoms with Gasteiger partial charge in [-0.3, -0.25) is 9.10 Å². The minimum Gasteiger partial charge on any atom is -0.372 e. The van der Waals surface area contributed by atoms with Gasteiger partial charge < -0.3 is 10.2 Å². The van der Waals surface area contributed by atoms with Crippen molar-refractivity contribution in [2.45, 2.75) is 27.3 Å². The number of sulfonamides is 1. The quantitative estimate of drug-likeness (QED) is 0.699. The Kier molecular flexibility index (Phi) is 7.45. The second kappa shape index (κ2) is 9.59. The van der Waals surface area contributed by atoms with Crippen molar-refractivity contribution in [2.75, 3.05) is 35.1 Å². The van der Waals surface area contributed by atoms with Crippen molar-refractivity contribution < 1.29 is 13.2 Å². The fourth-order valence-electron chi connectivity index (χ4n) is 2.91. The van der Waals surface area contributed by atoms with E-state index in [9.17, 15) is 13.2 Å². The number of nitrogens with one attached hydrogen (secondary N) is 1. The van der Waals surface area contributed by atoms with Crippen molar-refractivity contribution in [1.82, 2.24) is 5.32 Å². The molecule has 0 radical (unpaired) electrons. The van der Waals surface area contributed by atoms with Gasteiger partial charge in [-0.25, -0.2) is 8.42 Å². The Bertz CT molecular complexity index is 874. The van der Waals surface area contributed by atoms with Crippen LogP contribution in [0, 0.1) is 6.92 Å². The molecule has 2 rings (SSSR count). The van der Waals surface area contributed by atoms with Gasteiger partial charge in [-0.1, -0.05) is 29.8 Å². The summed E-state index contributed by atoms with van der Waals surface area (Å²) in [4.78, 5) is 14.6. The third-order valence-corrected chi connectivity index (χ3v) is 5.70. The number of aryl methyl sites for hydroxylation is 1. The van der Waals surface area contributed by atoms with Gasteiger partial charge in [0.15, 0.2) is 0 Å². The predicted octanol–water partition coefficient (Wildman–Crippen LogP) is 2.92. The third kappa shape index (κ3) is 5.99. The Morgan fingerprint density at radius 1 is 0.929 bits per heavy atom. The summed E-state index contributed by atoms with van der Waals surface area (Å²) < 4.78 is 25.4. The molecule has 0 saturated carbocycles. The summed E-state index contributed by atoms with van der Waals surface area (Å²) in [7, 11) is -3.56. The molecule has 1 N–H and O–H groups in total. The maximum Gasteiger partial charge on any atom is 0.241 e. The molecule has 1 amide bonds. The summed E-state index contributed by atoms with van der Waals surface area (Å²) in [5.41, 5.74) is 3.61. The van der Waals surface area contributed by atoms with Crippen molar-refractivity contribution in [3.63, 3.8) is 0 Å². The van der Waals surface area contributed by atoms with Crippen LogP contribution in [-0.4, -0.2) is 40.2 Å². The first-order chi connectivity index (χ1) is 13.2. The molecule has 0 bridgehead atoms. The highest BCUT2D eigenvalue weighted by Gasteiger charge is 2.20. The number of hydrogen-bond acceptors (Lipinski definition) is 4. The molecule has 28 heavy (non-hydrogen) atoms. The highest BCUT2D eigenvalue weighted by Crippen LogP contribution is 2.18. The molecule has 0 atom stereocenters. The number of carbonyl (C=O) groups is 1. The molecule has 0 aliphatic rings. The van der Waals surface area contributed by atoms with Crippen LogP contribution < -0.4 is 14.5 Å². The van der Waals surface area contributed by atoms with E-state index in [0.29, 0.717) is 12.2 Å². The van der Waals surface area contributed by atoms with E-state index in [1.54, 1.807) is 12.1 Å². The van der Waals surface area contributed by atoms with Gasteiger partial charge >= 0.3 is 0 Å². The lowest BCUT2D eigenvalue weighted by molar-refractivity contribution is -0.119. The van der Waals surface area contributed by atoms with Crippen LogP contribution in [0.1, 0.15) is 25.0 Å². The molecule has 2 aromatic rings. The Hall–Kier alpha value is -2.54. The van der Waals surface area contributed by atoms with Crippen LogP contribution >= 0.6 is 0 Å². The molecule has 0 heterocycles. The van der Waals surface area contributed by atoms with Crippen molar-refractivity contribution >= 4 is 27.3 Å². The van der Waals surface area contributed by atoms with Crippen molar-refractivity contribution in [3.05, 3.63) is 59.7 Å².